The number of rotatable bonds is 4. The van der Waals surface area contributed by atoms with Gasteiger partial charge >= 0.3 is 0 Å². The van der Waals surface area contributed by atoms with Crippen molar-refractivity contribution in [3.63, 3.8) is 0 Å². The third-order valence-electron chi connectivity index (χ3n) is 5.21. The number of hydrogen-bond donors (Lipinski definition) is 1. The lowest BCUT2D eigenvalue weighted by atomic mass is 9.97. The van der Waals surface area contributed by atoms with E-state index in [0.29, 0.717) is 11.3 Å². The first-order chi connectivity index (χ1) is 14.0. The first kappa shape index (κ1) is 18.7. The number of carbonyl (C=O) groups excluding carboxylic acids is 2. The maximum absolute atomic E-state index is 12.9. The lowest BCUT2D eigenvalue weighted by Gasteiger charge is -2.23. The molecule has 0 aliphatic carbocycles. The fourth-order valence-corrected chi connectivity index (χ4v) is 3.52. The predicted octanol–water partition coefficient (Wildman–Crippen LogP) is 3.91. The summed E-state index contributed by atoms with van der Waals surface area (Å²) in [6.07, 6.45) is 4.76. The second-order valence-corrected chi connectivity index (χ2v) is 7.10. The number of amides is 1. The van der Waals surface area contributed by atoms with Crippen LogP contribution in [0.5, 0.6) is 0 Å². The highest BCUT2D eigenvalue weighted by Gasteiger charge is 2.47. The molecule has 0 saturated carbocycles. The molecule has 6 nitrogen and oxygen atoms in total. The summed E-state index contributed by atoms with van der Waals surface area (Å²) in [6.45, 7) is 4.07. The molecular weight excluding hydrogens is 368 g/mol. The van der Waals surface area contributed by atoms with Crippen molar-refractivity contribution in [2.75, 3.05) is 0 Å². The number of aryl methyl sites for hydroxylation is 2. The van der Waals surface area contributed by atoms with Gasteiger partial charge in [0.2, 0.25) is 0 Å². The summed E-state index contributed by atoms with van der Waals surface area (Å²) in [4.78, 5) is 31.2. The Morgan fingerprint density at radius 1 is 1.14 bits per heavy atom. The number of nitrogens with zero attached hydrogens (tertiary/aromatic N) is 2. The van der Waals surface area contributed by atoms with E-state index in [1.54, 1.807) is 42.7 Å². The quantitative estimate of drug-likeness (QED) is 0.416. The minimum absolute atomic E-state index is 0.0251. The van der Waals surface area contributed by atoms with Gasteiger partial charge in [-0.2, -0.15) is 0 Å². The van der Waals surface area contributed by atoms with Crippen molar-refractivity contribution >= 4 is 17.4 Å². The Labute approximate surface area is 168 Å². The first-order valence-corrected chi connectivity index (χ1v) is 9.25. The van der Waals surface area contributed by atoms with Crippen LogP contribution in [0.15, 0.2) is 71.1 Å². The molecular formula is C23H20N2O4. The molecule has 2 aromatic heterocycles. The highest BCUT2D eigenvalue weighted by molar-refractivity contribution is 6.46. The van der Waals surface area contributed by atoms with Crippen LogP contribution in [0, 0.1) is 13.8 Å². The summed E-state index contributed by atoms with van der Waals surface area (Å²) in [7, 11) is 0. The third-order valence-corrected chi connectivity index (χ3v) is 5.21. The van der Waals surface area contributed by atoms with Crippen LogP contribution in [0.3, 0.4) is 0 Å². The largest absolute Gasteiger partial charge is 0.507 e. The molecule has 146 valence electrons. The fraction of sp³-hybridized carbons (Fsp3) is 0.174. The highest BCUT2D eigenvalue weighted by Crippen LogP contribution is 2.40. The van der Waals surface area contributed by atoms with E-state index in [2.05, 4.69) is 4.98 Å². The molecule has 6 heteroatoms. The van der Waals surface area contributed by atoms with Gasteiger partial charge in [-0.05, 0) is 54.8 Å². The number of Topliss-reactive ketones (excluding diaryl/α,β-unsaturated/α-hetero) is 1. The van der Waals surface area contributed by atoms with Gasteiger partial charge in [-0.3, -0.25) is 14.6 Å². The van der Waals surface area contributed by atoms with Gasteiger partial charge in [0.25, 0.3) is 11.7 Å². The average Bonchev–Trinajstić information content (AvgIpc) is 3.33. The minimum Gasteiger partial charge on any atom is -0.507 e. The second kappa shape index (κ2) is 7.39. The summed E-state index contributed by atoms with van der Waals surface area (Å²) in [6, 6.07) is 11.6. The van der Waals surface area contributed by atoms with E-state index >= 15 is 0 Å². The summed E-state index contributed by atoms with van der Waals surface area (Å²) in [5.74, 6) is -1.20. The van der Waals surface area contributed by atoms with Gasteiger partial charge in [-0.15, -0.1) is 0 Å². The molecule has 1 amide bonds. The smallest absolute Gasteiger partial charge is 0.296 e. The van der Waals surface area contributed by atoms with E-state index in [1.807, 2.05) is 26.0 Å². The van der Waals surface area contributed by atoms with Gasteiger partial charge in [0, 0.05) is 24.5 Å². The number of ketones is 1. The monoisotopic (exact) mass is 388 g/mol. The Hall–Kier alpha value is -3.67. The van der Waals surface area contributed by atoms with Crippen LogP contribution in [-0.4, -0.2) is 26.7 Å². The Morgan fingerprint density at radius 2 is 1.97 bits per heavy atom. The number of carbonyl (C=O) groups is 2. The van der Waals surface area contributed by atoms with Crippen LogP contribution in [0.4, 0.5) is 0 Å². The number of pyridine rings is 1. The van der Waals surface area contributed by atoms with Crippen LogP contribution in [0.1, 0.15) is 34.1 Å². The number of likely N-dealkylation sites (tertiary alicyclic amines) is 1. The van der Waals surface area contributed by atoms with Crippen molar-refractivity contribution in [1.29, 1.82) is 0 Å². The highest BCUT2D eigenvalue weighted by atomic mass is 16.3. The van der Waals surface area contributed by atoms with E-state index in [0.717, 1.165) is 16.7 Å². The topological polar surface area (TPSA) is 83.6 Å². The van der Waals surface area contributed by atoms with E-state index in [9.17, 15) is 14.7 Å². The molecule has 1 aliphatic rings. The molecule has 1 fully saturated rings. The van der Waals surface area contributed by atoms with Crippen LogP contribution in [-0.2, 0) is 16.1 Å². The SMILES string of the molecule is Cc1ccc(/C(O)=C2/C(=O)C(=O)N(Cc3cccnc3)C2c2ccco2)cc1C. The van der Waals surface area contributed by atoms with Crippen molar-refractivity contribution in [3.8, 4) is 0 Å². The summed E-state index contributed by atoms with van der Waals surface area (Å²) in [5, 5.41) is 11.0. The molecule has 1 N–H and O–H groups in total. The number of furan rings is 1. The van der Waals surface area contributed by atoms with Crippen LogP contribution in [0.2, 0.25) is 0 Å². The van der Waals surface area contributed by atoms with Gasteiger partial charge in [-0.25, -0.2) is 0 Å². The predicted molar refractivity (Wildman–Crippen MR) is 107 cm³/mol. The lowest BCUT2D eigenvalue weighted by Crippen LogP contribution is -2.29. The van der Waals surface area contributed by atoms with Gasteiger partial charge in [0.1, 0.15) is 17.6 Å². The number of hydrogen-bond acceptors (Lipinski definition) is 5. The summed E-state index contributed by atoms with van der Waals surface area (Å²) < 4.78 is 5.53. The van der Waals surface area contributed by atoms with Crippen molar-refractivity contribution in [3.05, 3.63) is 94.7 Å². The minimum atomic E-state index is -0.813. The molecule has 3 aromatic rings. The lowest BCUT2D eigenvalue weighted by molar-refractivity contribution is -0.140. The van der Waals surface area contributed by atoms with E-state index in [-0.39, 0.29) is 17.9 Å². The number of aliphatic hydroxyl groups excluding tert-OH is 1. The number of aliphatic hydroxyl groups is 1. The maximum atomic E-state index is 12.9. The average molecular weight is 388 g/mol. The second-order valence-electron chi connectivity index (χ2n) is 7.10. The number of benzene rings is 1. The zero-order valence-electron chi connectivity index (χ0n) is 16.1. The van der Waals surface area contributed by atoms with Crippen molar-refractivity contribution in [2.45, 2.75) is 26.4 Å². The van der Waals surface area contributed by atoms with Crippen LogP contribution < -0.4 is 0 Å². The summed E-state index contributed by atoms with van der Waals surface area (Å²) >= 11 is 0. The van der Waals surface area contributed by atoms with Gasteiger partial charge in [0.05, 0.1) is 11.8 Å². The Morgan fingerprint density at radius 3 is 2.62 bits per heavy atom. The third kappa shape index (κ3) is 3.33. The van der Waals surface area contributed by atoms with E-state index in [4.69, 9.17) is 4.42 Å². The number of aromatic nitrogens is 1. The molecule has 1 aromatic carbocycles. The van der Waals surface area contributed by atoms with E-state index < -0.39 is 17.7 Å². The molecule has 1 aliphatic heterocycles. The molecule has 0 radical (unpaired) electrons. The molecule has 3 heterocycles. The zero-order chi connectivity index (χ0) is 20.5. The Kier molecular flexibility index (Phi) is 4.76. The molecule has 4 rings (SSSR count). The summed E-state index contributed by atoms with van der Waals surface area (Å²) in [5.41, 5.74) is 3.34. The van der Waals surface area contributed by atoms with Crippen molar-refractivity contribution in [2.24, 2.45) is 0 Å². The Bertz CT molecular complexity index is 1100. The van der Waals surface area contributed by atoms with Crippen LogP contribution >= 0.6 is 0 Å². The molecule has 29 heavy (non-hydrogen) atoms. The van der Waals surface area contributed by atoms with E-state index in [1.165, 1.54) is 11.2 Å². The van der Waals surface area contributed by atoms with Gasteiger partial charge in [-0.1, -0.05) is 18.2 Å². The standard InChI is InChI=1S/C23H20N2O4/c1-14-7-8-17(11-15(14)2)21(26)19-20(18-6-4-10-29-18)25(23(28)22(19)27)13-16-5-3-9-24-12-16/h3-12,20,26H,13H2,1-2H3/b21-19-. The van der Waals surface area contributed by atoms with Gasteiger partial charge < -0.3 is 14.4 Å². The molecule has 1 atom stereocenters. The van der Waals surface area contributed by atoms with Crippen molar-refractivity contribution in [1.82, 2.24) is 9.88 Å². The van der Waals surface area contributed by atoms with Crippen molar-refractivity contribution < 1.29 is 19.1 Å². The zero-order valence-corrected chi connectivity index (χ0v) is 16.1. The first-order valence-electron chi connectivity index (χ1n) is 9.25. The van der Waals surface area contributed by atoms with Gasteiger partial charge in [0.15, 0.2) is 0 Å². The fourth-order valence-electron chi connectivity index (χ4n) is 3.52. The molecule has 0 spiro atoms. The van der Waals surface area contributed by atoms with Crippen LogP contribution in [0.25, 0.3) is 5.76 Å². The molecule has 1 unspecified atom stereocenters. The Balaban J connectivity index is 1.84. The normalized spacial score (nSPS) is 18.4. The molecule has 0 bridgehead atoms. The molecule has 1 saturated heterocycles. The maximum Gasteiger partial charge on any atom is 0.296 e.